The van der Waals surface area contributed by atoms with Crippen LogP contribution in [0.25, 0.3) is 0 Å². The zero-order valence-corrected chi connectivity index (χ0v) is 11.2. The molecular formula is C11H11NOS3. The highest BCUT2D eigenvalue weighted by Gasteiger charge is 2.12. The van der Waals surface area contributed by atoms with Crippen LogP contribution >= 0.6 is 35.3 Å². The van der Waals surface area contributed by atoms with E-state index in [-0.39, 0.29) is 11.9 Å². The Hall–Kier alpha value is -0.780. The first-order chi connectivity index (χ1) is 7.66. The highest BCUT2D eigenvalue weighted by Crippen LogP contribution is 2.20. The van der Waals surface area contributed by atoms with Crippen LogP contribution in [0, 0.1) is 0 Å². The van der Waals surface area contributed by atoms with E-state index < -0.39 is 0 Å². The van der Waals surface area contributed by atoms with Crippen molar-refractivity contribution in [2.75, 3.05) is 0 Å². The minimum absolute atomic E-state index is 0.0380. The molecule has 16 heavy (non-hydrogen) atoms. The Morgan fingerprint density at radius 2 is 2.31 bits per heavy atom. The molecule has 0 saturated carbocycles. The maximum absolute atomic E-state index is 11.8. The number of thiol groups is 1. The van der Waals surface area contributed by atoms with Crippen molar-refractivity contribution in [2.24, 2.45) is 0 Å². The minimum Gasteiger partial charge on any atom is -0.345 e. The van der Waals surface area contributed by atoms with Gasteiger partial charge in [0, 0.05) is 10.3 Å². The number of carbonyl (C=O) groups excluding carboxylic acids is 1. The molecule has 84 valence electrons. The molecule has 2 heterocycles. The van der Waals surface area contributed by atoms with Gasteiger partial charge in [0.2, 0.25) is 0 Å². The quantitative estimate of drug-likeness (QED) is 0.819. The highest BCUT2D eigenvalue weighted by atomic mass is 32.1. The van der Waals surface area contributed by atoms with Gasteiger partial charge in [0.1, 0.15) is 0 Å². The van der Waals surface area contributed by atoms with Crippen LogP contribution in [-0.4, -0.2) is 5.91 Å². The third kappa shape index (κ3) is 2.66. The van der Waals surface area contributed by atoms with Gasteiger partial charge in [-0.15, -0.1) is 24.0 Å². The Kier molecular flexibility index (Phi) is 3.68. The molecule has 0 spiro atoms. The molecule has 0 aliphatic carbocycles. The summed E-state index contributed by atoms with van der Waals surface area (Å²) >= 11 is 7.23. The van der Waals surface area contributed by atoms with Crippen molar-refractivity contribution >= 4 is 41.2 Å². The summed E-state index contributed by atoms with van der Waals surface area (Å²) in [4.78, 5) is 13.4. The summed E-state index contributed by atoms with van der Waals surface area (Å²) in [6.45, 7) is 1.98. The van der Waals surface area contributed by atoms with Crippen LogP contribution in [0.4, 0.5) is 0 Å². The molecule has 0 fully saturated rings. The molecular weight excluding hydrogens is 258 g/mol. The largest absolute Gasteiger partial charge is 0.345 e. The topological polar surface area (TPSA) is 29.1 Å². The highest BCUT2D eigenvalue weighted by molar-refractivity contribution is 7.80. The minimum atomic E-state index is -0.0380. The summed E-state index contributed by atoms with van der Waals surface area (Å²) < 4.78 is 0. The Morgan fingerprint density at radius 3 is 2.88 bits per heavy atom. The molecule has 1 N–H and O–H groups in total. The van der Waals surface area contributed by atoms with Gasteiger partial charge in [-0.1, -0.05) is 0 Å². The molecule has 0 radical (unpaired) electrons. The van der Waals surface area contributed by atoms with Crippen LogP contribution in [0.15, 0.2) is 33.2 Å². The van der Waals surface area contributed by atoms with Crippen molar-refractivity contribution in [3.05, 3.63) is 38.7 Å². The lowest BCUT2D eigenvalue weighted by Crippen LogP contribution is -2.25. The normalized spacial score (nSPS) is 12.4. The van der Waals surface area contributed by atoms with E-state index in [2.05, 4.69) is 17.9 Å². The van der Waals surface area contributed by atoms with Crippen molar-refractivity contribution in [3.8, 4) is 0 Å². The lowest BCUT2D eigenvalue weighted by atomic mass is 10.2. The summed E-state index contributed by atoms with van der Waals surface area (Å²) in [5, 5.41) is 8.86. The van der Waals surface area contributed by atoms with Crippen LogP contribution < -0.4 is 5.32 Å². The molecule has 2 aromatic rings. The fraction of sp³-hybridized carbons (Fsp3) is 0.182. The number of carbonyl (C=O) groups is 1. The van der Waals surface area contributed by atoms with Gasteiger partial charge in [-0.25, -0.2) is 0 Å². The Labute approximate surface area is 108 Å². The fourth-order valence-electron chi connectivity index (χ4n) is 1.32. The third-order valence-electron chi connectivity index (χ3n) is 2.20. The van der Waals surface area contributed by atoms with Gasteiger partial charge in [0.15, 0.2) is 0 Å². The van der Waals surface area contributed by atoms with E-state index in [1.165, 1.54) is 11.3 Å². The van der Waals surface area contributed by atoms with Gasteiger partial charge in [-0.3, -0.25) is 4.79 Å². The van der Waals surface area contributed by atoms with Gasteiger partial charge in [-0.05, 0) is 35.4 Å². The number of nitrogens with one attached hydrogen (secondary N) is 1. The molecule has 1 atom stereocenters. The van der Waals surface area contributed by atoms with Crippen LogP contribution in [0.2, 0.25) is 0 Å². The predicted molar refractivity (Wildman–Crippen MR) is 71.8 cm³/mol. The molecule has 0 bridgehead atoms. The van der Waals surface area contributed by atoms with E-state index >= 15 is 0 Å². The summed E-state index contributed by atoms with van der Waals surface area (Å²) in [7, 11) is 0. The van der Waals surface area contributed by atoms with Gasteiger partial charge >= 0.3 is 0 Å². The van der Waals surface area contributed by atoms with Gasteiger partial charge < -0.3 is 5.32 Å². The lowest BCUT2D eigenvalue weighted by Gasteiger charge is -2.11. The van der Waals surface area contributed by atoms with E-state index in [1.807, 2.05) is 29.1 Å². The van der Waals surface area contributed by atoms with E-state index in [1.54, 1.807) is 17.4 Å². The third-order valence-corrected chi connectivity index (χ3v) is 4.26. The zero-order chi connectivity index (χ0) is 11.5. The average Bonchev–Trinajstić information content (AvgIpc) is 2.87. The maximum atomic E-state index is 11.8. The van der Waals surface area contributed by atoms with Crippen molar-refractivity contribution in [3.63, 3.8) is 0 Å². The molecule has 2 rings (SSSR count). The Morgan fingerprint density at radius 1 is 1.50 bits per heavy atom. The second-order valence-corrected chi connectivity index (χ2v) is 5.63. The lowest BCUT2D eigenvalue weighted by molar-refractivity contribution is 0.0944. The number of hydrogen-bond acceptors (Lipinski definition) is 4. The second-order valence-electron chi connectivity index (χ2n) is 3.42. The molecule has 5 heteroatoms. The van der Waals surface area contributed by atoms with E-state index in [0.29, 0.717) is 4.88 Å². The van der Waals surface area contributed by atoms with E-state index in [9.17, 15) is 4.79 Å². The monoisotopic (exact) mass is 269 g/mol. The first kappa shape index (κ1) is 11.7. The van der Waals surface area contributed by atoms with Crippen molar-refractivity contribution < 1.29 is 4.79 Å². The smallest absolute Gasteiger partial charge is 0.261 e. The van der Waals surface area contributed by atoms with Crippen molar-refractivity contribution in [1.82, 2.24) is 5.32 Å². The van der Waals surface area contributed by atoms with Crippen molar-refractivity contribution in [1.29, 1.82) is 0 Å². The van der Waals surface area contributed by atoms with Crippen LogP contribution in [0.5, 0.6) is 0 Å². The number of hydrogen-bond donors (Lipinski definition) is 2. The second kappa shape index (κ2) is 5.03. The van der Waals surface area contributed by atoms with Gasteiger partial charge in [0.05, 0.1) is 10.9 Å². The van der Waals surface area contributed by atoms with Crippen LogP contribution in [0.3, 0.4) is 0 Å². The number of rotatable bonds is 3. The fourth-order valence-corrected chi connectivity index (χ4v) is 3.12. The molecule has 2 aromatic heterocycles. The molecule has 1 amide bonds. The first-order valence-corrected chi connectivity index (χ1v) is 7.04. The molecule has 1 unspecified atom stereocenters. The Balaban J connectivity index is 2.03. The SMILES string of the molecule is CC(NC(=O)c1cc(S)cs1)c1ccsc1. The summed E-state index contributed by atoms with van der Waals surface area (Å²) in [6, 6.07) is 3.85. The maximum Gasteiger partial charge on any atom is 0.261 e. The Bertz CT molecular complexity index is 475. The molecule has 0 aromatic carbocycles. The molecule has 0 aliphatic rings. The van der Waals surface area contributed by atoms with Gasteiger partial charge in [-0.2, -0.15) is 11.3 Å². The average molecular weight is 269 g/mol. The standard InChI is InChI=1S/C11H11NOS3/c1-7(8-2-3-15-5-8)12-11(13)10-4-9(14)6-16-10/h2-7,14H,1H3,(H,12,13). The number of amides is 1. The predicted octanol–water partition coefficient (Wildman–Crippen LogP) is 3.59. The summed E-state index contributed by atoms with van der Waals surface area (Å²) in [5.41, 5.74) is 1.14. The number of thiophene rings is 2. The molecule has 2 nitrogen and oxygen atoms in total. The van der Waals surface area contributed by atoms with Crippen LogP contribution in [0.1, 0.15) is 28.2 Å². The first-order valence-electron chi connectivity index (χ1n) is 4.77. The van der Waals surface area contributed by atoms with Crippen molar-refractivity contribution in [2.45, 2.75) is 17.9 Å². The molecule has 0 aliphatic heterocycles. The zero-order valence-electron chi connectivity index (χ0n) is 8.64. The summed E-state index contributed by atoms with van der Waals surface area (Å²) in [5.74, 6) is -0.0380. The van der Waals surface area contributed by atoms with Gasteiger partial charge in [0.25, 0.3) is 5.91 Å². The van der Waals surface area contributed by atoms with E-state index in [0.717, 1.165) is 10.5 Å². The van der Waals surface area contributed by atoms with Crippen LogP contribution in [-0.2, 0) is 0 Å². The van der Waals surface area contributed by atoms with E-state index in [4.69, 9.17) is 0 Å². The molecule has 0 saturated heterocycles. The summed E-state index contributed by atoms with van der Waals surface area (Å²) in [6.07, 6.45) is 0.